The zero-order chi connectivity index (χ0) is 62.0. The maximum atomic E-state index is 14.3. The Morgan fingerprint density at radius 2 is 0.926 bits per heavy atom. The van der Waals surface area contributed by atoms with Crippen molar-refractivity contribution in [1.29, 1.82) is 0 Å². The monoisotopic (exact) mass is 1170 g/mol. The molecule has 454 valence electrons. The Morgan fingerprint density at radius 1 is 0.506 bits per heavy atom. The first-order chi connectivity index (χ1) is 37.7. The Balaban J connectivity index is 3.51. The van der Waals surface area contributed by atoms with Gasteiger partial charge in [-0.1, -0.05) is 78.3 Å². The molecule has 0 unspecified atom stereocenters. The maximum absolute atomic E-state index is 14.3. The number of carbonyl (C=O) groups is 13. The van der Waals surface area contributed by atoms with Gasteiger partial charge in [-0.05, 0) is 62.0 Å². The minimum atomic E-state index is -1.99. The number of primary amides is 1. The minimum Gasteiger partial charge on any atom is -0.481 e. The molecule has 0 heterocycles. The summed E-state index contributed by atoms with van der Waals surface area (Å²) in [4.78, 5) is 171. The predicted octanol–water partition coefficient (Wildman–Crippen LogP) is -3.91. The molecule has 0 saturated carbocycles. The van der Waals surface area contributed by atoms with Crippen LogP contribution in [0.4, 0.5) is 0 Å². The summed E-state index contributed by atoms with van der Waals surface area (Å²) in [7, 11) is 0. The van der Waals surface area contributed by atoms with Gasteiger partial charge in [0.15, 0.2) is 6.04 Å². The van der Waals surface area contributed by atoms with Gasteiger partial charge in [0.2, 0.25) is 59.1 Å². The van der Waals surface area contributed by atoms with Gasteiger partial charge in [-0.25, -0.2) is 4.79 Å². The number of carbonyl (C=O) groups excluding carboxylic acids is 10. The number of carboxylic acid groups (broad SMARTS) is 3. The van der Waals surface area contributed by atoms with E-state index in [1.54, 1.807) is 64.3 Å². The molecule has 18 N–H and O–H groups in total. The molecule has 1 aromatic carbocycles. The predicted molar refractivity (Wildman–Crippen MR) is 292 cm³/mol. The third kappa shape index (κ3) is 25.7. The van der Waals surface area contributed by atoms with E-state index in [-0.39, 0.29) is 37.4 Å². The number of rotatable bonds is 37. The van der Waals surface area contributed by atoms with E-state index in [4.69, 9.17) is 16.6 Å². The van der Waals surface area contributed by atoms with E-state index in [1.807, 2.05) is 0 Å². The second-order valence-corrected chi connectivity index (χ2v) is 21.3. The van der Waals surface area contributed by atoms with Crippen LogP contribution in [0.25, 0.3) is 0 Å². The van der Waals surface area contributed by atoms with Crippen LogP contribution >= 0.6 is 11.8 Å². The first kappa shape index (κ1) is 71.6. The Bertz CT molecular complexity index is 2360. The fourth-order valence-electron chi connectivity index (χ4n) is 7.72. The summed E-state index contributed by atoms with van der Waals surface area (Å²) < 4.78 is 0. The van der Waals surface area contributed by atoms with Gasteiger partial charge in [0.25, 0.3) is 0 Å². The van der Waals surface area contributed by atoms with Gasteiger partial charge in [-0.2, -0.15) is 11.8 Å². The molecule has 29 nitrogen and oxygen atoms in total. The molecule has 0 aliphatic rings. The third-order valence-corrected chi connectivity index (χ3v) is 13.1. The maximum Gasteiger partial charge on any atom is 0.328 e. The van der Waals surface area contributed by atoms with Crippen LogP contribution in [-0.4, -0.2) is 187 Å². The highest BCUT2D eigenvalue weighted by molar-refractivity contribution is 7.98. The summed E-state index contributed by atoms with van der Waals surface area (Å²) in [5.41, 5.74) is 11.6. The molecule has 0 saturated heterocycles. The summed E-state index contributed by atoms with van der Waals surface area (Å²) in [5.74, 6) is -16.8. The minimum absolute atomic E-state index is 0.0488. The molecule has 1 rings (SSSR count). The summed E-state index contributed by atoms with van der Waals surface area (Å²) >= 11 is 1.29. The van der Waals surface area contributed by atoms with Crippen LogP contribution in [0, 0.1) is 17.8 Å². The first-order valence-electron chi connectivity index (χ1n) is 26.1. The van der Waals surface area contributed by atoms with E-state index in [0.29, 0.717) is 5.56 Å². The van der Waals surface area contributed by atoms with Crippen LogP contribution in [0.15, 0.2) is 30.3 Å². The topological polar surface area (TPSA) is 483 Å². The molecule has 0 aliphatic heterocycles. The second-order valence-electron chi connectivity index (χ2n) is 20.3. The molecule has 0 radical (unpaired) electrons. The van der Waals surface area contributed by atoms with Crippen molar-refractivity contribution in [3.05, 3.63) is 35.9 Å². The SMILES string of the molecule is CC[C@H](C)[C@H](NC(=O)[C@H](CC(N)=O)NC(=O)[C@H](CC(=O)O)NC(=O)[C@H](Cc1ccccc1)NC(=O)[C@@H](N)CC(=O)O)C(=O)N[C@@H](CC(C)C)C(=O)N[C@@H](CCSC)C(=O)N[C@H](C(=O)N[C@H](C(=O)N[C@H](C(=O)O)[C@@H](C)O)C(C)C)[C@@H](C)O. The second kappa shape index (κ2) is 35.3. The number of benzene rings is 1. The van der Waals surface area contributed by atoms with Gasteiger partial charge in [-0.15, -0.1) is 0 Å². The van der Waals surface area contributed by atoms with Crippen LogP contribution in [0.1, 0.15) is 99.5 Å². The molecule has 30 heteroatoms. The number of aliphatic hydroxyl groups excluding tert-OH is 2. The molecule has 81 heavy (non-hydrogen) atoms. The standard InChI is InChI=1S/C51H81N11O18S/c1-10-25(6)39(60-47(75)33(21-35(53)65)56-46(74)34(22-37(68)69)57-45(73)32(19-28-14-12-11-13-15-28)55-42(70)29(52)20-36(66)67)49(77)58-31(18-23(2)3)44(72)54-30(16-17-81-9)43(71)61-40(26(7)63)50(78)59-38(24(4)5)48(76)62-41(27(8)64)51(79)80/h11-15,23-27,29-34,38-41,63-64H,10,16-22,52H2,1-9H3,(H2,53,65)(H,54,72)(H,55,70)(H,56,74)(H,57,73)(H,58,77)(H,59,78)(H,60,75)(H,61,71)(H,62,76)(H,66,67)(H,68,69)(H,79,80)/t25-,26+,27+,29-,30-,31-,32-,33-,34-,38-,39-,40-,41-/m0/s1. The van der Waals surface area contributed by atoms with Gasteiger partial charge in [0.05, 0.1) is 37.5 Å². The van der Waals surface area contributed by atoms with Gasteiger partial charge >= 0.3 is 17.9 Å². The number of nitrogens with two attached hydrogens (primary N) is 2. The third-order valence-electron chi connectivity index (χ3n) is 12.4. The molecule has 0 aromatic heterocycles. The lowest BCUT2D eigenvalue weighted by Gasteiger charge is -2.30. The summed E-state index contributed by atoms with van der Waals surface area (Å²) in [6.07, 6.45) is -4.39. The van der Waals surface area contributed by atoms with Gasteiger partial charge in [0, 0.05) is 6.42 Å². The number of hydrogen-bond donors (Lipinski definition) is 16. The Labute approximate surface area is 473 Å². The highest BCUT2D eigenvalue weighted by Gasteiger charge is 2.39. The average Bonchev–Trinajstić information content (AvgIpc) is 3.36. The van der Waals surface area contributed by atoms with Crippen molar-refractivity contribution >= 4 is 88.7 Å². The lowest BCUT2D eigenvalue weighted by Crippen LogP contribution is -2.63. The molecule has 0 spiro atoms. The highest BCUT2D eigenvalue weighted by atomic mass is 32.2. The van der Waals surface area contributed by atoms with Crippen molar-refractivity contribution in [2.45, 2.75) is 173 Å². The molecule has 10 amide bonds. The molecular weight excluding hydrogens is 1090 g/mol. The van der Waals surface area contributed by atoms with Gasteiger partial charge < -0.3 is 84.9 Å². The average molecular weight is 1170 g/mol. The Kier molecular flexibility index (Phi) is 31.2. The summed E-state index contributed by atoms with van der Waals surface area (Å²) in [5, 5.41) is 70.2. The zero-order valence-corrected chi connectivity index (χ0v) is 47.6. The molecule has 0 bridgehead atoms. The van der Waals surface area contributed by atoms with Crippen LogP contribution in [0.5, 0.6) is 0 Å². The largest absolute Gasteiger partial charge is 0.481 e. The zero-order valence-electron chi connectivity index (χ0n) is 46.8. The summed E-state index contributed by atoms with van der Waals surface area (Å²) in [6.45, 7) is 12.0. The number of carboxylic acids is 3. The Morgan fingerprint density at radius 3 is 1.41 bits per heavy atom. The van der Waals surface area contributed by atoms with Crippen molar-refractivity contribution in [3.8, 4) is 0 Å². The number of amides is 10. The number of aliphatic carboxylic acids is 3. The van der Waals surface area contributed by atoms with Crippen LogP contribution in [0.3, 0.4) is 0 Å². The van der Waals surface area contributed by atoms with E-state index >= 15 is 0 Å². The smallest absolute Gasteiger partial charge is 0.328 e. The van der Waals surface area contributed by atoms with Crippen molar-refractivity contribution in [2.75, 3.05) is 12.0 Å². The van der Waals surface area contributed by atoms with Gasteiger partial charge in [-0.3, -0.25) is 57.5 Å². The number of aliphatic hydroxyl groups is 2. The highest BCUT2D eigenvalue weighted by Crippen LogP contribution is 2.14. The van der Waals surface area contributed by atoms with E-state index < -0.39 is 181 Å². The lowest BCUT2D eigenvalue weighted by atomic mass is 9.96. The number of nitrogens with one attached hydrogen (secondary N) is 9. The Hall–Kier alpha value is -7.44. The van der Waals surface area contributed by atoms with Crippen LogP contribution in [0.2, 0.25) is 0 Å². The molecule has 13 atom stereocenters. The molecule has 0 aliphatic carbocycles. The van der Waals surface area contributed by atoms with E-state index in [0.717, 1.165) is 6.92 Å². The number of hydrogen-bond acceptors (Lipinski definition) is 17. The molecular formula is C51H81N11O18S. The van der Waals surface area contributed by atoms with E-state index in [9.17, 15) is 82.8 Å². The number of thioether (sulfide) groups is 1. The normalized spacial score (nSPS) is 16.0. The first-order valence-corrected chi connectivity index (χ1v) is 27.5. The van der Waals surface area contributed by atoms with Crippen molar-refractivity contribution in [2.24, 2.45) is 29.2 Å². The lowest BCUT2D eigenvalue weighted by molar-refractivity contribution is -0.145. The molecule has 1 aromatic rings. The van der Waals surface area contributed by atoms with E-state index in [1.165, 1.54) is 32.5 Å². The van der Waals surface area contributed by atoms with Gasteiger partial charge in [0.1, 0.15) is 48.3 Å². The van der Waals surface area contributed by atoms with E-state index in [2.05, 4.69) is 47.9 Å². The van der Waals surface area contributed by atoms with Crippen LogP contribution < -0.4 is 59.3 Å². The van der Waals surface area contributed by atoms with Crippen molar-refractivity contribution in [3.63, 3.8) is 0 Å². The molecule has 0 fully saturated rings. The van der Waals surface area contributed by atoms with Crippen LogP contribution in [-0.2, 0) is 68.7 Å². The van der Waals surface area contributed by atoms with Crippen molar-refractivity contribution in [1.82, 2.24) is 47.9 Å². The fourth-order valence-corrected chi connectivity index (χ4v) is 8.19. The van der Waals surface area contributed by atoms with Crippen molar-refractivity contribution < 1.29 is 87.9 Å². The quantitative estimate of drug-likeness (QED) is 0.0303. The summed E-state index contributed by atoms with van der Waals surface area (Å²) in [6, 6.07) is -8.25. The fraction of sp³-hybridized carbons (Fsp3) is 0.627.